The van der Waals surface area contributed by atoms with Crippen LogP contribution < -0.4 is 35.3 Å². The van der Waals surface area contributed by atoms with E-state index in [1.807, 2.05) is 0 Å². The molecule has 82 valence electrons. The Morgan fingerprint density at radius 1 is 1.38 bits per heavy atom. The maximum absolute atomic E-state index is 10.6. The Morgan fingerprint density at radius 3 is 2.25 bits per heavy atom. The van der Waals surface area contributed by atoms with E-state index in [-0.39, 0.29) is 29.6 Å². The number of nitro groups is 1. The maximum Gasteiger partial charge on any atom is 1.00 e. The van der Waals surface area contributed by atoms with E-state index < -0.39 is 37.1 Å². The molecule has 0 fully saturated rings. The summed E-state index contributed by atoms with van der Waals surface area (Å²) in [5.74, 6) is -0.801. The first-order valence-electron chi connectivity index (χ1n) is 3.47. The van der Waals surface area contributed by atoms with Gasteiger partial charge in [0.15, 0.2) is 5.75 Å². The molecule has 0 atom stereocenters. The molecule has 1 aromatic rings. The molecule has 1 rings (SSSR count). The van der Waals surface area contributed by atoms with Crippen molar-refractivity contribution >= 4 is 21.5 Å². The fourth-order valence-corrected chi connectivity index (χ4v) is 1.59. The van der Waals surface area contributed by atoms with Gasteiger partial charge in [0.1, 0.15) is 15.8 Å². The maximum atomic E-state index is 10.6. The number of phenolic OH excluding ortho intramolecular Hbond substituents is 1. The zero-order valence-corrected chi connectivity index (χ0v) is 10.9. The third-order valence-electron chi connectivity index (χ3n) is 1.61. The third kappa shape index (κ3) is 2.83. The molecule has 0 radical (unpaired) electrons. The number of phenols is 1. The number of nitrogens with zero attached hydrogens (tertiary/aromatic N) is 1. The van der Waals surface area contributed by atoms with Gasteiger partial charge in [-0.3, -0.25) is 10.1 Å². The first kappa shape index (κ1) is 15.1. The summed E-state index contributed by atoms with van der Waals surface area (Å²) in [7, 11) is -4.90. The van der Waals surface area contributed by atoms with Gasteiger partial charge in [-0.1, -0.05) is 0 Å². The number of hydrogen-bond donors (Lipinski definition) is 2. The van der Waals surface area contributed by atoms with Crippen molar-refractivity contribution in [3.8, 4) is 5.75 Å². The van der Waals surface area contributed by atoms with E-state index in [2.05, 4.69) is 0 Å². The van der Waals surface area contributed by atoms with E-state index in [9.17, 15) is 23.1 Å². The van der Waals surface area contributed by atoms with Crippen LogP contribution in [0, 0.1) is 10.1 Å². The predicted molar refractivity (Wildman–Crippen MR) is 47.1 cm³/mol. The van der Waals surface area contributed by atoms with Crippen molar-refractivity contribution < 1.29 is 52.6 Å². The van der Waals surface area contributed by atoms with Gasteiger partial charge in [0.05, 0.1) is 9.82 Å². The fraction of sp³-hybridized carbons (Fsp3) is 0. The molecule has 0 amide bonds. The van der Waals surface area contributed by atoms with E-state index in [1.165, 1.54) is 0 Å². The van der Waals surface area contributed by atoms with Gasteiger partial charge in [-0.25, -0.2) is 8.42 Å². The van der Waals surface area contributed by atoms with Gasteiger partial charge in [0.25, 0.3) is 0 Å². The van der Waals surface area contributed by atoms with Crippen molar-refractivity contribution in [2.75, 3.05) is 5.73 Å². The first-order valence-corrected chi connectivity index (χ1v) is 4.87. The van der Waals surface area contributed by atoms with Crippen LogP contribution in [0.5, 0.6) is 5.75 Å². The quantitative estimate of drug-likeness (QED) is 0.186. The summed E-state index contributed by atoms with van der Waals surface area (Å²) in [6.07, 6.45) is 0. The van der Waals surface area contributed by atoms with Crippen LogP contribution in [0.2, 0.25) is 0 Å². The molecule has 0 heterocycles. The molecule has 1 aromatic carbocycles. The van der Waals surface area contributed by atoms with Crippen LogP contribution in [0.4, 0.5) is 11.4 Å². The Balaban J connectivity index is 0.00000225. The third-order valence-corrected chi connectivity index (χ3v) is 2.50. The average Bonchev–Trinajstić information content (AvgIpc) is 2.00. The standard InChI is InChI=1S/C6H6N2O6S.Na/c7-5-4(15(12,13)14)2-1-3(9)6(5)8(10)11;/h1-2,9H,7H2,(H,12,13,14);/q;+1/p-1. The number of anilines is 1. The summed E-state index contributed by atoms with van der Waals surface area (Å²) >= 11 is 0. The van der Waals surface area contributed by atoms with Crippen molar-refractivity contribution in [3.63, 3.8) is 0 Å². The number of nitrogen functional groups attached to an aromatic ring is 1. The molecule has 0 spiro atoms. The summed E-state index contributed by atoms with van der Waals surface area (Å²) in [4.78, 5) is 8.40. The molecular weight excluding hydrogens is 251 g/mol. The smallest absolute Gasteiger partial charge is 0.744 e. The molecule has 0 unspecified atom stereocenters. The fourth-order valence-electron chi connectivity index (χ4n) is 0.988. The summed E-state index contributed by atoms with van der Waals surface area (Å²) in [6.45, 7) is 0. The minimum atomic E-state index is -4.90. The summed E-state index contributed by atoms with van der Waals surface area (Å²) in [5.41, 5.74) is 3.23. The van der Waals surface area contributed by atoms with Gasteiger partial charge in [-0.05, 0) is 12.1 Å². The van der Waals surface area contributed by atoms with Crippen molar-refractivity contribution in [2.45, 2.75) is 4.90 Å². The summed E-state index contributed by atoms with van der Waals surface area (Å²) < 4.78 is 31.8. The van der Waals surface area contributed by atoms with Crippen LogP contribution in [-0.4, -0.2) is 23.0 Å². The zero-order chi connectivity index (χ0) is 11.8. The molecule has 16 heavy (non-hydrogen) atoms. The topological polar surface area (TPSA) is 147 Å². The SMILES string of the molecule is Nc1c(S(=O)(=O)[O-])ccc(O)c1[N+](=O)[O-].[Na+]. The zero-order valence-electron chi connectivity index (χ0n) is 8.08. The molecule has 0 aliphatic carbocycles. The first-order chi connectivity index (χ1) is 6.75. The number of hydrogen-bond acceptors (Lipinski definition) is 7. The van der Waals surface area contributed by atoms with Crippen LogP contribution in [0.3, 0.4) is 0 Å². The predicted octanol–water partition coefficient (Wildman–Crippen LogP) is -3.21. The monoisotopic (exact) mass is 256 g/mol. The number of nitrogens with two attached hydrogens (primary N) is 1. The number of aromatic hydroxyl groups is 1. The van der Waals surface area contributed by atoms with Crippen LogP contribution >= 0.6 is 0 Å². The number of nitro benzene ring substituents is 1. The van der Waals surface area contributed by atoms with Crippen molar-refractivity contribution in [1.82, 2.24) is 0 Å². The van der Waals surface area contributed by atoms with Gasteiger partial charge in [-0.15, -0.1) is 0 Å². The van der Waals surface area contributed by atoms with E-state index in [0.717, 1.165) is 6.07 Å². The Hall–Kier alpha value is -0.870. The minimum absolute atomic E-state index is 0. The van der Waals surface area contributed by atoms with E-state index in [1.54, 1.807) is 0 Å². The molecule has 10 heteroatoms. The minimum Gasteiger partial charge on any atom is -0.744 e. The molecular formula is C6H5N2NaO6S. The van der Waals surface area contributed by atoms with Crippen molar-refractivity contribution in [3.05, 3.63) is 22.2 Å². The van der Waals surface area contributed by atoms with Crippen molar-refractivity contribution in [1.29, 1.82) is 0 Å². The molecule has 8 nitrogen and oxygen atoms in total. The molecule has 0 aliphatic heterocycles. The van der Waals surface area contributed by atoms with Crippen LogP contribution in [0.1, 0.15) is 0 Å². The number of rotatable bonds is 2. The van der Waals surface area contributed by atoms with Gasteiger partial charge in [0, 0.05) is 0 Å². The Kier molecular flexibility index (Phi) is 4.70. The van der Waals surface area contributed by atoms with Gasteiger partial charge in [-0.2, -0.15) is 0 Å². The molecule has 0 aromatic heterocycles. The molecule has 0 aliphatic rings. The average molecular weight is 256 g/mol. The second-order valence-electron chi connectivity index (χ2n) is 2.56. The second-order valence-corrected chi connectivity index (χ2v) is 3.90. The van der Waals surface area contributed by atoms with Gasteiger partial charge in [0.2, 0.25) is 0 Å². The van der Waals surface area contributed by atoms with Crippen LogP contribution in [0.15, 0.2) is 17.0 Å². The molecule has 0 saturated heterocycles. The van der Waals surface area contributed by atoms with Crippen LogP contribution in [-0.2, 0) is 10.1 Å². The number of benzene rings is 1. The van der Waals surface area contributed by atoms with Gasteiger partial charge < -0.3 is 15.4 Å². The summed E-state index contributed by atoms with van der Waals surface area (Å²) in [5, 5.41) is 19.4. The Bertz CT molecular complexity index is 528. The second kappa shape index (κ2) is 4.97. The largest absolute Gasteiger partial charge is 1.00 e. The van der Waals surface area contributed by atoms with Crippen molar-refractivity contribution in [2.24, 2.45) is 0 Å². The molecule has 0 bridgehead atoms. The normalized spacial score (nSPS) is 10.6. The van der Waals surface area contributed by atoms with E-state index >= 15 is 0 Å². The van der Waals surface area contributed by atoms with Crippen LogP contribution in [0.25, 0.3) is 0 Å². The van der Waals surface area contributed by atoms with E-state index in [4.69, 9.17) is 10.8 Å². The molecule has 3 N–H and O–H groups in total. The summed E-state index contributed by atoms with van der Waals surface area (Å²) in [6, 6.07) is 1.43. The van der Waals surface area contributed by atoms with E-state index in [0.29, 0.717) is 6.07 Å². The molecule has 0 saturated carbocycles. The Labute approximate surface area is 112 Å². The Morgan fingerprint density at radius 2 is 1.88 bits per heavy atom. The van der Waals surface area contributed by atoms with Gasteiger partial charge >= 0.3 is 35.2 Å².